The second-order valence-electron chi connectivity index (χ2n) is 7.10. The molecule has 122 valence electrons. The molecule has 1 rings (SSSR count). The number of urea groups is 1. The summed E-state index contributed by atoms with van der Waals surface area (Å²) < 4.78 is 4.67. The molecule has 0 aromatic rings. The van der Waals surface area contributed by atoms with E-state index in [1.807, 2.05) is 0 Å². The van der Waals surface area contributed by atoms with Gasteiger partial charge in [-0.25, -0.2) is 4.79 Å². The number of carbonyl (C=O) groups is 2. The van der Waals surface area contributed by atoms with Crippen LogP contribution >= 0.6 is 0 Å². The number of carbonyl (C=O) groups excluding carboxylic acids is 2. The number of hydrogen-bond acceptors (Lipinski definition) is 4. The van der Waals surface area contributed by atoms with Crippen molar-refractivity contribution < 1.29 is 14.3 Å². The van der Waals surface area contributed by atoms with Crippen LogP contribution in [0.1, 0.15) is 40.0 Å². The normalized spacial score (nSPS) is 23.0. The highest BCUT2D eigenvalue weighted by Crippen LogP contribution is 2.22. The average molecular weight is 299 g/mol. The van der Waals surface area contributed by atoms with Gasteiger partial charge in [0, 0.05) is 32.1 Å². The fourth-order valence-electron chi connectivity index (χ4n) is 2.62. The summed E-state index contributed by atoms with van der Waals surface area (Å²) in [5.41, 5.74) is 5.61. The van der Waals surface area contributed by atoms with Gasteiger partial charge in [0.15, 0.2) is 0 Å². The minimum atomic E-state index is -0.389. The SMILES string of the molecule is COC(=O)CCC1CC(NCC(C)(C)C)CN(C(N)=O)C1. The summed E-state index contributed by atoms with van der Waals surface area (Å²) in [5.74, 6) is 0.0771. The van der Waals surface area contributed by atoms with Gasteiger partial charge in [0.05, 0.1) is 7.11 Å². The largest absolute Gasteiger partial charge is 0.469 e. The Hall–Kier alpha value is -1.30. The predicted molar refractivity (Wildman–Crippen MR) is 81.8 cm³/mol. The van der Waals surface area contributed by atoms with Gasteiger partial charge < -0.3 is 20.7 Å². The highest BCUT2D eigenvalue weighted by atomic mass is 16.5. The number of rotatable bonds is 5. The number of ether oxygens (including phenoxy) is 1. The van der Waals surface area contributed by atoms with Crippen LogP contribution in [0.15, 0.2) is 0 Å². The van der Waals surface area contributed by atoms with Crippen molar-refractivity contribution in [3.63, 3.8) is 0 Å². The quantitative estimate of drug-likeness (QED) is 0.750. The molecule has 1 saturated heterocycles. The molecule has 0 radical (unpaired) electrons. The van der Waals surface area contributed by atoms with Crippen molar-refractivity contribution in [3.8, 4) is 0 Å². The fraction of sp³-hybridized carbons (Fsp3) is 0.867. The summed E-state index contributed by atoms with van der Waals surface area (Å²) in [5, 5.41) is 3.51. The number of nitrogens with one attached hydrogen (secondary N) is 1. The summed E-state index contributed by atoms with van der Waals surface area (Å²) in [6, 6.07) is -0.159. The van der Waals surface area contributed by atoms with Gasteiger partial charge in [-0.05, 0) is 24.2 Å². The molecule has 0 aromatic carbocycles. The zero-order valence-electron chi connectivity index (χ0n) is 13.6. The van der Waals surface area contributed by atoms with Crippen LogP contribution in [0.2, 0.25) is 0 Å². The van der Waals surface area contributed by atoms with Crippen molar-refractivity contribution in [1.29, 1.82) is 0 Å². The molecule has 6 nitrogen and oxygen atoms in total. The van der Waals surface area contributed by atoms with Gasteiger partial charge in [0.25, 0.3) is 0 Å². The Bertz CT molecular complexity index is 366. The van der Waals surface area contributed by atoms with Crippen molar-refractivity contribution in [3.05, 3.63) is 0 Å². The van der Waals surface area contributed by atoms with E-state index >= 15 is 0 Å². The van der Waals surface area contributed by atoms with Gasteiger partial charge in [-0.1, -0.05) is 20.8 Å². The van der Waals surface area contributed by atoms with Gasteiger partial charge in [-0.3, -0.25) is 4.79 Å². The molecule has 0 spiro atoms. The van der Waals surface area contributed by atoms with Crippen LogP contribution in [-0.4, -0.2) is 49.7 Å². The van der Waals surface area contributed by atoms with Crippen molar-refractivity contribution in [2.45, 2.75) is 46.1 Å². The second-order valence-corrected chi connectivity index (χ2v) is 7.10. The van der Waals surface area contributed by atoms with E-state index in [0.717, 1.165) is 19.4 Å². The van der Waals surface area contributed by atoms with Crippen molar-refractivity contribution in [2.24, 2.45) is 17.1 Å². The summed E-state index contributed by atoms with van der Waals surface area (Å²) in [6.45, 7) is 8.66. The molecule has 1 fully saturated rings. The standard InChI is InChI=1S/C15H29N3O3/c1-15(2,3)10-17-12-7-11(5-6-13(19)21-4)8-18(9-12)14(16)20/h11-12,17H,5-10H2,1-4H3,(H2,16,20). The first-order valence-electron chi connectivity index (χ1n) is 7.56. The number of methoxy groups -OCH3 is 1. The number of esters is 1. The van der Waals surface area contributed by atoms with Gasteiger partial charge in [0.2, 0.25) is 0 Å². The lowest BCUT2D eigenvalue weighted by Crippen LogP contribution is -2.53. The smallest absolute Gasteiger partial charge is 0.314 e. The fourth-order valence-corrected chi connectivity index (χ4v) is 2.62. The Labute approximate surface area is 127 Å². The summed E-state index contributed by atoms with van der Waals surface area (Å²) in [4.78, 5) is 24.4. The van der Waals surface area contributed by atoms with Crippen LogP contribution in [0.4, 0.5) is 4.79 Å². The lowest BCUT2D eigenvalue weighted by molar-refractivity contribution is -0.141. The molecule has 2 atom stereocenters. The van der Waals surface area contributed by atoms with E-state index in [9.17, 15) is 9.59 Å². The zero-order chi connectivity index (χ0) is 16.0. The van der Waals surface area contributed by atoms with E-state index in [1.54, 1.807) is 4.90 Å². The molecule has 0 aromatic heterocycles. The first kappa shape index (κ1) is 17.8. The van der Waals surface area contributed by atoms with Gasteiger partial charge in [0.1, 0.15) is 0 Å². The molecule has 2 unspecified atom stereocenters. The molecule has 0 saturated carbocycles. The van der Waals surface area contributed by atoms with Gasteiger partial charge >= 0.3 is 12.0 Å². The Morgan fingerprint density at radius 1 is 1.33 bits per heavy atom. The van der Waals surface area contributed by atoms with E-state index in [4.69, 9.17) is 5.73 Å². The Morgan fingerprint density at radius 3 is 2.52 bits per heavy atom. The molecular formula is C15H29N3O3. The Balaban J connectivity index is 2.55. The van der Waals surface area contributed by atoms with Crippen LogP contribution < -0.4 is 11.1 Å². The first-order chi connectivity index (χ1) is 9.71. The van der Waals surface area contributed by atoms with Crippen molar-refractivity contribution >= 4 is 12.0 Å². The maximum atomic E-state index is 11.5. The molecule has 21 heavy (non-hydrogen) atoms. The van der Waals surface area contributed by atoms with Crippen LogP contribution in [0, 0.1) is 11.3 Å². The molecule has 1 aliphatic rings. The maximum absolute atomic E-state index is 11.5. The van der Waals surface area contributed by atoms with Gasteiger partial charge in [-0.15, -0.1) is 0 Å². The van der Waals surface area contributed by atoms with Crippen LogP contribution in [0.5, 0.6) is 0 Å². The summed E-state index contributed by atoms with van der Waals surface area (Å²) in [6.07, 6.45) is 2.07. The van der Waals surface area contributed by atoms with E-state index < -0.39 is 0 Å². The molecule has 0 bridgehead atoms. The van der Waals surface area contributed by atoms with E-state index in [2.05, 4.69) is 30.8 Å². The summed E-state index contributed by atoms with van der Waals surface area (Å²) in [7, 11) is 1.40. The van der Waals surface area contributed by atoms with Crippen LogP contribution in [0.3, 0.4) is 0 Å². The molecule has 3 N–H and O–H groups in total. The lowest BCUT2D eigenvalue weighted by Gasteiger charge is -2.38. The summed E-state index contributed by atoms with van der Waals surface area (Å²) >= 11 is 0. The number of primary amides is 1. The Kier molecular flexibility index (Phi) is 6.45. The van der Waals surface area contributed by atoms with E-state index in [1.165, 1.54) is 7.11 Å². The minimum Gasteiger partial charge on any atom is -0.469 e. The van der Waals surface area contributed by atoms with Crippen molar-refractivity contribution in [1.82, 2.24) is 10.2 Å². The third-order valence-corrected chi connectivity index (χ3v) is 3.75. The maximum Gasteiger partial charge on any atom is 0.314 e. The number of hydrogen-bond donors (Lipinski definition) is 2. The number of piperidine rings is 1. The molecular weight excluding hydrogens is 270 g/mol. The number of nitrogens with zero attached hydrogens (tertiary/aromatic N) is 1. The first-order valence-corrected chi connectivity index (χ1v) is 7.56. The zero-order valence-corrected chi connectivity index (χ0v) is 13.6. The monoisotopic (exact) mass is 299 g/mol. The molecule has 0 aliphatic carbocycles. The highest BCUT2D eigenvalue weighted by Gasteiger charge is 2.29. The lowest BCUT2D eigenvalue weighted by atomic mass is 9.89. The molecule has 1 aliphatic heterocycles. The van der Waals surface area contributed by atoms with Gasteiger partial charge in [-0.2, -0.15) is 0 Å². The average Bonchev–Trinajstić information content (AvgIpc) is 2.41. The third-order valence-electron chi connectivity index (χ3n) is 3.75. The molecule has 1 heterocycles. The molecule has 6 heteroatoms. The number of likely N-dealkylation sites (tertiary alicyclic amines) is 1. The number of amides is 2. The second kappa shape index (κ2) is 7.64. The van der Waals surface area contributed by atoms with Crippen LogP contribution in [0.25, 0.3) is 0 Å². The van der Waals surface area contributed by atoms with E-state index in [0.29, 0.717) is 19.5 Å². The third kappa shape index (κ3) is 6.80. The number of nitrogens with two attached hydrogens (primary N) is 1. The topological polar surface area (TPSA) is 84.7 Å². The van der Waals surface area contributed by atoms with Crippen molar-refractivity contribution in [2.75, 3.05) is 26.7 Å². The highest BCUT2D eigenvalue weighted by molar-refractivity contribution is 5.72. The van der Waals surface area contributed by atoms with Crippen LogP contribution in [-0.2, 0) is 9.53 Å². The van der Waals surface area contributed by atoms with E-state index in [-0.39, 0.29) is 29.4 Å². The molecule has 2 amide bonds. The minimum absolute atomic E-state index is 0.191. The predicted octanol–water partition coefficient (Wildman–Crippen LogP) is 1.34. The Morgan fingerprint density at radius 2 is 2.00 bits per heavy atom.